The summed E-state index contributed by atoms with van der Waals surface area (Å²) in [6.45, 7) is 5.46. The van der Waals surface area contributed by atoms with E-state index < -0.39 is 0 Å². The van der Waals surface area contributed by atoms with Crippen LogP contribution >= 0.6 is 0 Å². The second kappa shape index (κ2) is 5.56. The lowest BCUT2D eigenvalue weighted by Gasteiger charge is -2.05. The molecular formula is C11H19N3O. The maximum Gasteiger partial charge on any atom is 0.239 e. The fraction of sp³-hybridized carbons (Fsp3) is 0.545. The quantitative estimate of drug-likeness (QED) is 0.751. The van der Waals surface area contributed by atoms with Gasteiger partial charge in [0.05, 0.1) is 0 Å². The lowest BCUT2D eigenvalue weighted by molar-refractivity contribution is -0.121. The van der Waals surface area contributed by atoms with Crippen LogP contribution in [0.1, 0.15) is 19.4 Å². The molecule has 15 heavy (non-hydrogen) atoms. The van der Waals surface area contributed by atoms with E-state index in [1.807, 2.05) is 23.0 Å². The maximum atomic E-state index is 11.1. The second-order valence-corrected chi connectivity index (χ2v) is 3.90. The van der Waals surface area contributed by atoms with Crippen LogP contribution in [0.5, 0.6) is 0 Å². The van der Waals surface area contributed by atoms with Crippen molar-refractivity contribution in [3.63, 3.8) is 0 Å². The van der Waals surface area contributed by atoms with E-state index in [0.29, 0.717) is 12.6 Å². The Kier molecular flexibility index (Phi) is 4.37. The molecule has 0 aliphatic heterocycles. The van der Waals surface area contributed by atoms with Gasteiger partial charge in [0, 0.05) is 32.0 Å². The van der Waals surface area contributed by atoms with Crippen molar-refractivity contribution in [2.24, 2.45) is 0 Å². The lowest BCUT2D eigenvalue weighted by atomic mass is 10.3. The monoisotopic (exact) mass is 209 g/mol. The number of nitrogens with one attached hydrogen (secondary N) is 2. The first kappa shape index (κ1) is 11.8. The molecule has 1 aromatic heterocycles. The molecule has 4 heteroatoms. The minimum absolute atomic E-state index is 0.0222. The summed E-state index contributed by atoms with van der Waals surface area (Å²) in [6.07, 6.45) is 3.91. The van der Waals surface area contributed by atoms with E-state index in [9.17, 15) is 4.79 Å². The fourth-order valence-corrected chi connectivity index (χ4v) is 1.26. The Hall–Kier alpha value is -1.29. The number of aromatic nitrogens is 1. The molecule has 4 nitrogen and oxygen atoms in total. The lowest BCUT2D eigenvalue weighted by Crippen LogP contribution is -2.23. The van der Waals surface area contributed by atoms with Crippen molar-refractivity contribution in [2.45, 2.75) is 33.0 Å². The van der Waals surface area contributed by atoms with E-state index in [1.165, 1.54) is 5.56 Å². The predicted octanol–water partition coefficient (Wildman–Crippen LogP) is 0.732. The first-order chi connectivity index (χ1) is 7.11. The van der Waals surface area contributed by atoms with Crippen LogP contribution in [0.4, 0.5) is 0 Å². The van der Waals surface area contributed by atoms with Crippen molar-refractivity contribution in [2.75, 3.05) is 7.05 Å². The zero-order valence-corrected chi connectivity index (χ0v) is 9.58. The standard InChI is InChI=1S/C11H19N3O/c1-9(2)13-6-10-4-5-14(7-10)8-11(15)12-3/h4-5,7,9,13H,6,8H2,1-3H3,(H,12,15). The van der Waals surface area contributed by atoms with Crippen LogP contribution in [0, 0.1) is 0 Å². The molecule has 1 amide bonds. The number of hydrogen-bond donors (Lipinski definition) is 2. The third-order valence-electron chi connectivity index (χ3n) is 2.13. The molecule has 2 N–H and O–H groups in total. The number of likely N-dealkylation sites (N-methyl/N-ethyl adjacent to an activating group) is 1. The Morgan fingerprint density at radius 3 is 2.87 bits per heavy atom. The Bertz CT molecular complexity index is 317. The van der Waals surface area contributed by atoms with Crippen molar-refractivity contribution in [3.8, 4) is 0 Å². The molecule has 0 bridgehead atoms. The molecule has 0 unspecified atom stereocenters. The molecule has 1 heterocycles. The number of carbonyl (C=O) groups excluding carboxylic acids is 1. The number of carbonyl (C=O) groups is 1. The van der Waals surface area contributed by atoms with E-state index in [-0.39, 0.29) is 5.91 Å². The Balaban J connectivity index is 2.45. The summed E-state index contributed by atoms with van der Waals surface area (Å²) in [4.78, 5) is 11.1. The molecule has 0 spiro atoms. The van der Waals surface area contributed by atoms with E-state index >= 15 is 0 Å². The molecule has 0 atom stereocenters. The largest absolute Gasteiger partial charge is 0.358 e. The molecule has 84 valence electrons. The van der Waals surface area contributed by atoms with Crippen LogP contribution in [0.15, 0.2) is 18.5 Å². The number of nitrogens with zero attached hydrogens (tertiary/aromatic N) is 1. The highest BCUT2D eigenvalue weighted by atomic mass is 16.1. The van der Waals surface area contributed by atoms with Crippen LogP contribution < -0.4 is 10.6 Å². The molecular weight excluding hydrogens is 190 g/mol. The SMILES string of the molecule is CNC(=O)Cn1ccc(CNC(C)C)c1. The second-order valence-electron chi connectivity index (χ2n) is 3.90. The highest BCUT2D eigenvalue weighted by Gasteiger charge is 2.01. The number of hydrogen-bond acceptors (Lipinski definition) is 2. The van der Waals surface area contributed by atoms with Gasteiger partial charge in [0.1, 0.15) is 6.54 Å². The van der Waals surface area contributed by atoms with Gasteiger partial charge in [0.2, 0.25) is 5.91 Å². The van der Waals surface area contributed by atoms with Crippen LogP contribution in [0.2, 0.25) is 0 Å². The van der Waals surface area contributed by atoms with Crippen molar-refractivity contribution < 1.29 is 4.79 Å². The minimum Gasteiger partial charge on any atom is -0.358 e. The molecule has 1 aromatic rings. The van der Waals surface area contributed by atoms with Crippen molar-refractivity contribution in [1.82, 2.24) is 15.2 Å². The molecule has 0 fully saturated rings. The van der Waals surface area contributed by atoms with Gasteiger partial charge in [0.25, 0.3) is 0 Å². The number of amides is 1. The van der Waals surface area contributed by atoms with Gasteiger partial charge in [-0.2, -0.15) is 0 Å². The fourth-order valence-electron chi connectivity index (χ4n) is 1.26. The third-order valence-corrected chi connectivity index (χ3v) is 2.13. The summed E-state index contributed by atoms with van der Waals surface area (Å²) in [5.41, 5.74) is 1.20. The average Bonchev–Trinajstić information content (AvgIpc) is 2.62. The molecule has 0 aromatic carbocycles. The van der Waals surface area contributed by atoms with Crippen LogP contribution in [0.3, 0.4) is 0 Å². The molecule has 0 saturated carbocycles. The smallest absolute Gasteiger partial charge is 0.239 e. The predicted molar refractivity (Wildman–Crippen MR) is 60.5 cm³/mol. The van der Waals surface area contributed by atoms with Crippen molar-refractivity contribution in [3.05, 3.63) is 24.0 Å². The summed E-state index contributed by atoms with van der Waals surface area (Å²) < 4.78 is 1.89. The Labute approximate surface area is 90.7 Å². The highest BCUT2D eigenvalue weighted by Crippen LogP contribution is 2.01. The van der Waals surface area contributed by atoms with E-state index in [1.54, 1.807) is 7.05 Å². The maximum absolute atomic E-state index is 11.1. The summed E-state index contributed by atoms with van der Waals surface area (Å²) in [7, 11) is 1.65. The first-order valence-electron chi connectivity index (χ1n) is 5.20. The molecule has 1 rings (SSSR count). The van der Waals surface area contributed by atoms with E-state index in [2.05, 4.69) is 24.5 Å². The van der Waals surface area contributed by atoms with E-state index in [4.69, 9.17) is 0 Å². The first-order valence-corrected chi connectivity index (χ1v) is 5.20. The normalized spacial score (nSPS) is 10.7. The van der Waals surface area contributed by atoms with Gasteiger partial charge in [-0.15, -0.1) is 0 Å². The van der Waals surface area contributed by atoms with Gasteiger partial charge in [-0.1, -0.05) is 13.8 Å². The highest BCUT2D eigenvalue weighted by molar-refractivity contribution is 5.75. The molecule has 0 aliphatic carbocycles. The van der Waals surface area contributed by atoms with Gasteiger partial charge in [-0.05, 0) is 11.6 Å². The van der Waals surface area contributed by atoms with Gasteiger partial charge in [-0.3, -0.25) is 4.79 Å². The Morgan fingerprint density at radius 2 is 2.27 bits per heavy atom. The summed E-state index contributed by atoms with van der Waals surface area (Å²) in [6, 6.07) is 2.51. The van der Waals surface area contributed by atoms with Gasteiger partial charge >= 0.3 is 0 Å². The minimum atomic E-state index is 0.0222. The third kappa shape index (κ3) is 4.16. The Morgan fingerprint density at radius 1 is 1.53 bits per heavy atom. The van der Waals surface area contributed by atoms with Crippen LogP contribution in [-0.4, -0.2) is 23.6 Å². The zero-order valence-electron chi connectivity index (χ0n) is 9.58. The van der Waals surface area contributed by atoms with E-state index in [0.717, 1.165) is 6.54 Å². The van der Waals surface area contributed by atoms with Gasteiger partial charge in [-0.25, -0.2) is 0 Å². The molecule has 0 radical (unpaired) electrons. The van der Waals surface area contributed by atoms with Crippen LogP contribution in [-0.2, 0) is 17.9 Å². The summed E-state index contributed by atoms with van der Waals surface area (Å²) in [5, 5.41) is 5.93. The van der Waals surface area contributed by atoms with Crippen molar-refractivity contribution >= 4 is 5.91 Å². The summed E-state index contributed by atoms with van der Waals surface area (Å²) in [5.74, 6) is 0.0222. The number of rotatable bonds is 5. The molecule has 0 aliphatic rings. The zero-order chi connectivity index (χ0) is 11.3. The summed E-state index contributed by atoms with van der Waals surface area (Å²) >= 11 is 0. The molecule has 0 saturated heterocycles. The van der Waals surface area contributed by atoms with Gasteiger partial charge in [0.15, 0.2) is 0 Å². The van der Waals surface area contributed by atoms with Gasteiger partial charge < -0.3 is 15.2 Å². The average molecular weight is 209 g/mol. The van der Waals surface area contributed by atoms with Crippen molar-refractivity contribution in [1.29, 1.82) is 0 Å². The van der Waals surface area contributed by atoms with Crippen LogP contribution in [0.25, 0.3) is 0 Å². The topological polar surface area (TPSA) is 46.1 Å².